The van der Waals surface area contributed by atoms with E-state index in [1.54, 1.807) is 0 Å². The van der Waals surface area contributed by atoms with Crippen LogP contribution in [0, 0.1) is 5.92 Å². The van der Waals surface area contributed by atoms with Gasteiger partial charge in [0.2, 0.25) is 0 Å². The van der Waals surface area contributed by atoms with E-state index in [1.807, 2.05) is 6.92 Å². The van der Waals surface area contributed by atoms with Gasteiger partial charge in [-0.3, -0.25) is 4.79 Å². The van der Waals surface area contributed by atoms with Crippen LogP contribution in [0.2, 0.25) is 0 Å². The number of phenols is 2. The molecule has 0 saturated carbocycles. The zero-order valence-electron chi connectivity index (χ0n) is 10.8. The summed E-state index contributed by atoms with van der Waals surface area (Å²) in [6.45, 7) is 5.96. The van der Waals surface area contributed by atoms with Gasteiger partial charge in [0.15, 0.2) is 0 Å². The molecular weight excluding hydrogens is 232 g/mol. The average molecular weight is 250 g/mol. The Morgan fingerprint density at radius 2 is 1.83 bits per heavy atom. The van der Waals surface area contributed by atoms with Crippen molar-refractivity contribution in [2.24, 2.45) is 11.0 Å². The molecule has 0 aliphatic carbocycles. The van der Waals surface area contributed by atoms with E-state index in [0.717, 1.165) is 18.2 Å². The summed E-state index contributed by atoms with van der Waals surface area (Å²) in [6, 6.07) is 3.69. The van der Waals surface area contributed by atoms with Gasteiger partial charge in [0.25, 0.3) is 5.91 Å². The van der Waals surface area contributed by atoms with Crippen molar-refractivity contribution in [3.63, 3.8) is 0 Å². The third-order valence-corrected chi connectivity index (χ3v) is 2.22. The second-order valence-corrected chi connectivity index (χ2v) is 4.62. The lowest BCUT2D eigenvalue weighted by atomic mass is 10.1. The highest BCUT2D eigenvalue weighted by Crippen LogP contribution is 2.20. The van der Waals surface area contributed by atoms with E-state index in [-0.39, 0.29) is 17.1 Å². The van der Waals surface area contributed by atoms with Crippen molar-refractivity contribution < 1.29 is 15.0 Å². The summed E-state index contributed by atoms with van der Waals surface area (Å²) in [7, 11) is 0. The minimum atomic E-state index is -0.468. The molecule has 18 heavy (non-hydrogen) atoms. The number of carbonyl (C=O) groups excluding carboxylic acids is 1. The number of nitrogens with zero attached hydrogens (tertiary/aromatic N) is 1. The van der Waals surface area contributed by atoms with Crippen molar-refractivity contribution in [3.05, 3.63) is 23.8 Å². The molecule has 0 bridgehead atoms. The van der Waals surface area contributed by atoms with E-state index < -0.39 is 5.91 Å². The topological polar surface area (TPSA) is 81.9 Å². The average Bonchev–Trinajstić information content (AvgIpc) is 2.23. The number of aromatic hydroxyl groups is 2. The van der Waals surface area contributed by atoms with E-state index >= 15 is 0 Å². The number of hydrogen-bond donors (Lipinski definition) is 3. The van der Waals surface area contributed by atoms with Crippen LogP contribution in [-0.2, 0) is 0 Å². The van der Waals surface area contributed by atoms with Gasteiger partial charge in [0.1, 0.15) is 11.5 Å². The van der Waals surface area contributed by atoms with Crippen molar-refractivity contribution in [1.29, 1.82) is 0 Å². The molecule has 5 heteroatoms. The van der Waals surface area contributed by atoms with Gasteiger partial charge in [-0.15, -0.1) is 0 Å². The van der Waals surface area contributed by atoms with Crippen LogP contribution >= 0.6 is 0 Å². The van der Waals surface area contributed by atoms with Crippen molar-refractivity contribution in [2.45, 2.75) is 27.2 Å². The highest BCUT2D eigenvalue weighted by molar-refractivity contribution is 5.96. The van der Waals surface area contributed by atoms with Crippen LogP contribution in [-0.4, -0.2) is 21.8 Å². The van der Waals surface area contributed by atoms with E-state index in [0.29, 0.717) is 5.92 Å². The van der Waals surface area contributed by atoms with Crippen molar-refractivity contribution in [3.8, 4) is 11.5 Å². The van der Waals surface area contributed by atoms with E-state index in [9.17, 15) is 15.0 Å². The van der Waals surface area contributed by atoms with Crippen molar-refractivity contribution in [2.75, 3.05) is 0 Å². The maximum absolute atomic E-state index is 11.7. The van der Waals surface area contributed by atoms with Crippen molar-refractivity contribution in [1.82, 2.24) is 5.43 Å². The second kappa shape index (κ2) is 6.05. The number of carbonyl (C=O) groups is 1. The first-order chi connectivity index (χ1) is 8.38. The first-order valence-corrected chi connectivity index (χ1v) is 5.75. The molecule has 0 heterocycles. The predicted octanol–water partition coefficient (Wildman–Crippen LogP) is 2.25. The monoisotopic (exact) mass is 250 g/mol. The summed E-state index contributed by atoms with van der Waals surface area (Å²) in [4.78, 5) is 11.7. The second-order valence-electron chi connectivity index (χ2n) is 4.62. The van der Waals surface area contributed by atoms with Gasteiger partial charge in [-0.05, 0) is 31.4 Å². The van der Waals surface area contributed by atoms with Crippen LogP contribution in [0.25, 0.3) is 0 Å². The molecule has 0 unspecified atom stereocenters. The molecule has 1 rings (SSSR count). The summed E-state index contributed by atoms with van der Waals surface area (Å²) >= 11 is 0. The quantitative estimate of drug-likeness (QED) is 0.566. The zero-order valence-corrected chi connectivity index (χ0v) is 10.8. The molecule has 98 valence electrons. The number of rotatable bonds is 4. The molecular formula is C13H18N2O3. The standard InChI is InChI=1S/C13H18N2O3/c1-8(2)4-9(3)14-15-13(18)10-5-11(16)7-12(17)6-10/h5-8,16-17H,4H2,1-3H3,(H,15,18)/b14-9-. The third kappa shape index (κ3) is 4.45. The number of benzene rings is 1. The van der Waals surface area contributed by atoms with Crippen LogP contribution in [0.3, 0.4) is 0 Å². The molecule has 0 fully saturated rings. The smallest absolute Gasteiger partial charge is 0.271 e. The van der Waals surface area contributed by atoms with Gasteiger partial charge in [-0.1, -0.05) is 13.8 Å². The maximum atomic E-state index is 11.7. The van der Waals surface area contributed by atoms with E-state index in [2.05, 4.69) is 24.4 Å². The summed E-state index contributed by atoms with van der Waals surface area (Å²) in [5, 5.41) is 22.5. The normalized spacial score (nSPS) is 11.7. The van der Waals surface area contributed by atoms with Gasteiger partial charge in [0.05, 0.1) is 0 Å². The molecule has 0 radical (unpaired) electrons. The fourth-order valence-electron chi connectivity index (χ4n) is 1.57. The Labute approximate surface area is 106 Å². The minimum Gasteiger partial charge on any atom is -0.508 e. The molecule has 1 amide bonds. The maximum Gasteiger partial charge on any atom is 0.271 e. The minimum absolute atomic E-state index is 0.161. The molecule has 0 aliphatic rings. The first-order valence-electron chi connectivity index (χ1n) is 5.75. The van der Waals surface area contributed by atoms with Crippen LogP contribution in [0.1, 0.15) is 37.6 Å². The number of hydrazone groups is 1. The molecule has 0 saturated heterocycles. The fourth-order valence-corrected chi connectivity index (χ4v) is 1.57. The highest BCUT2D eigenvalue weighted by Gasteiger charge is 2.08. The summed E-state index contributed by atoms with van der Waals surface area (Å²) in [5.41, 5.74) is 3.37. The lowest BCUT2D eigenvalue weighted by Gasteiger charge is -2.05. The van der Waals surface area contributed by atoms with Crippen LogP contribution in [0.5, 0.6) is 11.5 Å². The molecule has 0 aliphatic heterocycles. The Hall–Kier alpha value is -2.04. The number of amides is 1. The number of hydrogen-bond acceptors (Lipinski definition) is 4. The third-order valence-electron chi connectivity index (χ3n) is 2.22. The molecule has 3 N–H and O–H groups in total. The van der Waals surface area contributed by atoms with Crippen LogP contribution in [0.15, 0.2) is 23.3 Å². The van der Waals surface area contributed by atoms with Gasteiger partial charge >= 0.3 is 0 Å². The molecule has 0 atom stereocenters. The zero-order chi connectivity index (χ0) is 13.7. The van der Waals surface area contributed by atoms with Gasteiger partial charge in [0, 0.05) is 17.3 Å². The van der Waals surface area contributed by atoms with Gasteiger partial charge < -0.3 is 10.2 Å². The van der Waals surface area contributed by atoms with Crippen molar-refractivity contribution >= 4 is 11.6 Å². The largest absolute Gasteiger partial charge is 0.508 e. The first kappa shape index (κ1) is 14.0. The number of phenolic OH excluding ortho intramolecular Hbond substituents is 2. The fraction of sp³-hybridized carbons (Fsp3) is 0.385. The predicted molar refractivity (Wildman–Crippen MR) is 69.8 cm³/mol. The molecule has 1 aromatic rings. The Bertz CT molecular complexity index is 447. The lowest BCUT2D eigenvalue weighted by Crippen LogP contribution is -2.19. The molecule has 0 aromatic heterocycles. The SMILES string of the molecule is C/C(CC(C)C)=N/NC(=O)c1cc(O)cc(O)c1. The summed E-state index contributed by atoms with van der Waals surface area (Å²) < 4.78 is 0. The Balaban J connectivity index is 2.71. The van der Waals surface area contributed by atoms with Gasteiger partial charge in [-0.25, -0.2) is 5.43 Å². The number of nitrogens with one attached hydrogen (secondary N) is 1. The molecule has 5 nitrogen and oxygen atoms in total. The summed E-state index contributed by atoms with van der Waals surface area (Å²) in [5.74, 6) is -0.328. The van der Waals surface area contributed by atoms with E-state index in [1.165, 1.54) is 12.1 Å². The summed E-state index contributed by atoms with van der Waals surface area (Å²) in [6.07, 6.45) is 0.797. The Morgan fingerprint density at radius 3 is 2.33 bits per heavy atom. The van der Waals surface area contributed by atoms with E-state index in [4.69, 9.17) is 0 Å². The lowest BCUT2D eigenvalue weighted by molar-refractivity contribution is 0.0954. The Kier molecular flexibility index (Phi) is 4.71. The Morgan fingerprint density at radius 1 is 1.28 bits per heavy atom. The van der Waals surface area contributed by atoms with Gasteiger partial charge in [-0.2, -0.15) is 5.10 Å². The van der Waals surface area contributed by atoms with Crippen LogP contribution < -0.4 is 5.43 Å². The molecule has 0 spiro atoms. The highest BCUT2D eigenvalue weighted by atomic mass is 16.3. The van der Waals surface area contributed by atoms with Crippen LogP contribution in [0.4, 0.5) is 0 Å². The molecule has 1 aromatic carbocycles.